The zero-order valence-corrected chi connectivity index (χ0v) is 30.7. The van der Waals surface area contributed by atoms with E-state index in [0.717, 1.165) is 35.6 Å². The first kappa shape index (κ1) is 36.9. The third-order valence-corrected chi connectivity index (χ3v) is 11.4. The Morgan fingerprint density at radius 3 is 2.00 bits per heavy atom. The van der Waals surface area contributed by atoms with E-state index in [2.05, 4.69) is 5.32 Å². The Balaban J connectivity index is 1.39. The van der Waals surface area contributed by atoms with Crippen molar-refractivity contribution in [1.29, 1.82) is 0 Å². The minimum absolute atomic E-state index is 0.00609. The van der Waals surface area contributed by atoms with Gasteiger partial charge in [0.15, 0.2) is 0 Å². The van der Waals surface area contributed by atoms with Crippen molar-refractivity contribution in [3.8, 4) is 11.5 Å². The van der Waals surface area contributed by atoms with Crippen LogP contribution in [0.1, 0.15) is 36.8 Å². The van der Waals surface area contributed by atoms with Crippen LogP contribution in [0.5, 0.6) is 11.5 Å². The van der Waals surface area contributed by atoms with Crippen molar-refractivity contribution in [2.45, 2.75) is 55.6 Å². The largest absolute Gasteiger partial charge is 0.457 e. The van der Waals surface area contributed by atoms with Gasteiger partial charge in [0, 0.05) is 29.1 Å². The molecule has 1 N–H and O–H groups in total. The first-order valence-electron chi connectivity index (χ1n) is 17.2. The molecule has 0 aliphatic heterocycles. The molecule has 0 aromatic heterocycles. The molecule has 0 radical (unpaired) electrons. The zero-order chi connectivity index (χ0) is 36.5. The van der Waals surface area contributed by atoms with Crippen molar-refractivity contribution in [2.75, 3.05) is 10.8 Å². The summed E-state index contributed by atoms with van der Waals surface area (Å²) < 4.78 is 35.7. The van der Waals surface area contributed by atoms with E-state index in [1.54, 1.807) is 60.7 Å². The van der Waals surface area contributed by atoms with Gasteiger partial charge in [0.25, 0.3) is 10.0 Å². The maximum Gasteiger partial charge on any atom is 0.264 e. The Hall–Kier alpha value is -4.83. The number of para-hydroxylation sites is 1. The summed E-state index contributed by atoms with van der Waals surface area (Å²) in [6.45, 7) is -0.656. The van der Waals surface area contributed by atoms with E-state index in [0.29, 0.717) is 27.1 Å². The number of carbonyl (C=O) groups is 2. The smallest absolute Gasteiger partial charge is 0.264 e. The highest BCUT2D eigenvalue weighted by Crippen LogP contribution is 2.30. The first-order valence-corrected chi connectivity index (χ1v) is 19.4. The fourth-order valence-corrected chi connectivity index (χ4v) is 8.21. The van der Waals surface area contributed by atoms with E-state index in [-0.39, 0.29) is 35.5 Å². The second-order valence-electron chi connectivity index (χ2n) is 12.7. The fourth-order valence-electron chi connectivity index (χ4n) is 6.31. The molecule has 1 aliphatic carbocycles. The minimum atomic E-state index is -4.26. The van der Waals surface area contributed by atoms with Crippen LogP contribution in [0.15, 0.2) is 138 Å². The van der Waals surface area contributed by atoms with Crippen LogP contribution in [0.2, 0.25) is 10.0 Å². The molecule has 1 atom stereocenters. The number of hydrogen-bond acceptors (Lipinski definition) is 5. The van der Waals surface area contributed by atoms with Crippen molar-refractivity contribution in [2.24, 2.45) is 0 Å². The van der Waals surface area contributed by atoms with Crippen LogP contribution in [0.4, 0.5) is 5.69 Å². The van der Waals surface area contributed by atoms with Gasteiger partial charge in [0.05, 0.1) is 10.6 Å². The predicted octanol–water partition coefficient (Wildman–Crippen LogP) is 8.68. The molecule has 0 bridgehead atoms. The van der Waals surface area contributed by atoms with Gasteiger partial charge in [-0.3, -0.25) is 13.9 Å². The normalized spacial score (nSPS) is 13.7. The summed E-state index contributed by atoms with van der Waals surface area (Å²) in [4.78, 5) is 30.5. The monoisotopic (exact) mass is 755 g/mol. The maximum atomic E-state index is 14.8. The quantitative estimate of drug-likeness (QED) is 0.122. The molecular formula is C41H39Cl2N3O5S. The Kier molecular flexibility index (Phi) is 12.2. The van der Waals surface area contributed by atoms with Gasteiger partial charge in [0.1, 0.15) is 24.1 Å². The molecule has 1 aliphatic rings. The summed E-state index contributed by atoms with van der Waals surface area (Å²) in [5, 5.41) is 3.92. The van der Waals surface area contributed by atoms with E-state index < -0.39 is 28.5 Å². The van der Waals surface area contributed by atoms with E-state index in [1.165, 1.54) is 17.0 Å². The Bertz CT molecular complexity index is 2060. The summed E-state index contributed by atoms with van der Waals surface area (Å²) >= 11 is 12.9. The molecule has 5 aromatic rings. The molecule has 1 unspecified atom stereocenters. The van der Waals surface area contributed by atoms with Crippen LogP contribution in [0.3, 0.4) is 0 Å². The highest BCUT2D eigenvalue weighted by molar-refractivity contribution is 7.92. The minimum Gasteiger partial charge on any atom is -0.457 e. The average molecular weight is 757 g/mol. The average Bonchev–Trinajstić information content (AvgIpc) is 3.67. The molecule has 11 heteroatoms. The van der Waals surface area contributed by atoms with Gasteiger partial charge in [0.2, 0.25) is 11.8 Å². The number of nitrogens with zero attached hydrogens (tertiary/aromatic N) is 2. The number of nitrogens with one attached hydrogen (secondary N) is 1. The molecule has 0 spiro atoms. The van der Waals surface area contributed by atoms with Crippen LogP contribution in [0, 0.1) is 0 Å². The zero-order valence-electron chi connectivity index (χ0n) is 28.4. The molecule has 1 saturated carbocycles. The number of carbonyl (C=O) groups excluding carboxylic acids is 2. The molecule has 5 aromatic carbocycles. The summed E-state index contributed by atoms with van der Waals surface area (Å²) in [5.41, 5.74) is 1.65. The van der Waals surface area contributed by atoms with Gasteiger partial charge in [-0.05, 0) is 84.6 Å². The number of ether oxygens (including phenoxy) is 1. The predicted molar refractivity (Wildman–Crippen MR) is 205 cm³/mol. The summed E-state index contributed by atoms with van der Waals surface area (Å²) in [6.07, 6.45) is 3.94. The van der Waals surface area contributed by atoms with Crippen LogP contribution in [-0.2, 0) is 32.6 Å². The Labute approximate surface area is 315 Å². The van der Waals surface area contributed by atoms with E-state index in [9.17, 15) is 18.0 Å². The molecule has 8 nitrogen and oxygen atoms in total. The molecule has 268 valence electrons. The van der Waals surface area contributed by atoms with Crippen LogP contribution >= 0.6 is 23.2 Å². The van der Waals surface area contributed by atoms with Crippen LogP contribution in [-0.4, -0.2) is 43.8 Å². The highest BCUT2D eigenvalue weighted by atomic mass is 35.5. The fraction of sp³-hybridized carbons (Fsp3) is 0.220. The second-order valence-corrected chi connectivity index (χ2v) is 15.4. The SMILES string of the molecule is O=C(NC1CCCC1)C(Cc1ccccc1)N(Cc1ccc(Cl)cc1Cl)C(=O)CN(c1ccc(Oc2ccccc2)cc1)S(=O)(=O)c1ccccc1. The van der Waals surface area contributed by atoms with Gasteiger partial charge in [-0.15, -0.1) is 0 Å². The molecule has 2 amide bonds. The van der Waals surface area contributed by atoms with E-state index in [1.807, 2.05) is 60.7 Å². The van der Waals surface area contributed by atoms with Crippen LogP contribution < -0.4 is 14.4 Å². The molecule has 52 heavy (non-hydrogen) atoms. The molecule has 1 fully saturated rings. The summed E-state index contributed by atoms with van der Waals surface area (Å²) in [5.74, 6) is 0.214. The van der Waals surface area contributed by atoms with E-state index >= 15 is 0 Å². The number of sulfonamides is 1. The van der Waals surface area contributed by atoms with Crippen molar-refractivity contribution < 1.29 is 22.7 Å². The third kappa shape index (κ3) is 9.33. The van der Waals surface area contributed by atoms with Crippen molar-refractivity contribution in [3.63, 3.8) is 0 Å². The standard InChI is InChI=1S/C41H39Cl2N3O5S/c42-32-21-20-31(38(43)27-32)28-45(39(26-30-12-4-1-5-13-30)41(48)44-33-14-10-11-15-33)40(47)29-46(52(49,50)37-18-8-3-9-19-37)34-22-24-36(25-23-34)51-35-16-6-2-7-17-35/h1-9,12-13,16-25,27,33,39H,10-11,14-15,26,28-29H2,(H,44,48). The van der Waals surface area contributed by atoms with Crippen molar-refractivity contribution in [1.82, 2.24) is 10.2 Å². The Morgan fingerprint density at radius 2 is 1.37 bits per heavy atom. The lowest BCUT2D eigenvalue weighted by atomic mass is 10.0. The molecule has 6 rings (SSSR count). The number of rotatable bonds is 14. The van der Waals surface area contributed by atoms with Crippen molar-refractivity contribution >= 4 is 50.7 Å². The number of halogens is 2. The van der Waals surface area contributed by atoms with Gasteiger partial charge in [-0.2, -0.15) is 0 Å². The third-order valence-electron chi connectivity index (χ3n) is 9.04. The first-order chi connectivity index (χ1) is 25.2. The van der Waals surface area contributed by atoms with Crippen molar-refractivity contribution in [3.05, 3.63) is 155 Å². The summed E-state index contributed by atoms with van der Waals surface area (Å²) in [7, 11) is -4.26. The number of amides is 2. The molecule has 0 saturated heterocycles. The topological polar surface area (TPSA) is 96.0 Å². The Morgan fingerprint density at radius 1 is 0.769 bits per heavy atom. The van der Waals surface area contributed by atoms with Gasteiger partial charge in [-0.1, -0.05) is 109 Å². The van der Waals surface area contributed by atoms with Gasteiger partial charge < -0.3 is 15.0 Å². The summed E-state index contributed by atoms with van der Waals surface area (Å²) in [6, 6.07) is 37.1. The lowest BCUT2D eigenvalue weighted by molar-refractivity contribution is -0.140. The number of benzene rings is 5. The maximum absolute atomic E-state index is 14.8. The van der Waals surface area contributed by atoms with Crippen LogP contribution in [0.25, 0.3) is 0 Å². The van der Waals surface area contributed by atoms with E-state index in [4.69, 9.17) is 27.9 Å². The second kappa shape index (κ2) is 17.1. The number of anilines is 1. The lowest BCUT2D eigenvalue weighted by Gasteiger charge is -2.34. The van der Waals surface area contributed by atoms with Gasteiger partial charge in [-0.25, -0.2) is 8.42 Å². The molecule has 0 heterocycles. The number of hydrogen-bond donors (Lipinski definition) is 1. The highest BCUT2D eigenvalue weighted by Gasteiger charge is 2.36. The van der Waals surface area contributed by atoms with Gasteiger partial charge >= 0.3 is 0 Å². The lowest BCUT2D eigenvalue weighted by Crippen LogP contribution is -2.54. The molecular weight excluding hydrogens is 717 g/mol.